The van der Waals surface area contributed by atoms with E-state index in [1.165, 1.54) is 12.1 Å². The molecule has 140 valence electrons. The van der Waals surface area contributed by atoms with Gasteiger partial charge >= 0.3 is 0 Å². The molecular weight excluding hydrogens is 398 g/mol. The summed E-state index contributed by atoms with van der Waals surface area (Å²) in [5.41, 5.74) is -0.681. The molecule has 0 atom stereocenters. The third kappa shape index (κ3) is 3.79. The number of nitro groups is 1. The first-order valence-electron chi connectivity index (χ1n) is 7.95. The van der Waals surface area contributed by atoms with Gasteiger partial charge in [0, 0.05) is 23.3 Å². The summed E-state index contributed by atoms with van der Waals surface area (Å²) in [6.45, 7) is -0.269. The minimum absolute atomic E-state index is 0.0340. The second kappa shape index (κ2) is 7.25. The molecule has 1 aliphatic rings. The monoisotopic (exact) mass is 410 g/mol. The van der Waals surface area contributed by atoms with Crippen molar-refractivity contribution in [1.29, 1.82) is 0 Å². The van der Waals surface area contributed by atoms with E-state index in [-0.39, 0.29) is 33.6 Å². The zero-order valence-electron chi connectivity index (χ0n) is 13.8. The Hall–Kier alpha value is -2.51. The highest BCUT2D eigenvalue weighted by atomic mass is 35.5. The second-order valence-corrected chi connectivity index (χ2v) is 7.05. The topological polar surface area (TPSA) is 89.3 Å². The van der Waals surface area contributed by atoms with Gasteiger partial charge in [-0.1, -0.05) is 23.2 Å². The van der Waals surface area contributed by atoms with Gasteiger partial charge in [0.2, 0.25) is 5.91 Å². The van der Waals surface area contributed by atoms with Crippen LogP contribution in [0.2, 0.25) is 10.0 Å². The lowest BCUT2D eigenvalue weighted by atomic mass is 9.94. The van der Waals surface area contributed by atoms with Gasteiger partial charge in [-0.15, -0.1) is 0 Å². The fourth-order valence-corrected chi connectivity index (χ4v) is 3.74. The lowest BCUT2D eigenvalue weighted by Gasteiger charge is -2.18. The van der Waals surface area contributed by atoms with E-state index in [0.717, 1.165) is 24.3 Å². The van der Waals surface area contributed by atoms with Crippen molar-refractivity contribution in [3.05, 3.63) is 73.5 Å². The van der Waals surface area contributed by atoms with Gasteiger partial charge in [0.15, 0.2) is 5.78 Å². The smallest absolute Gasteiger partial charge is 0.272 e. The third-order valence-corrected chi connectivity index (χ3v) is 5.07. The molecule has 1 aliphatic carbocycles. The number of rotatable bonds is 6. The number of hydrogen-bond acceptors (Lipinski definition) is 4. The molecule has 0 radical (unpaired) electrons. The quantitative estimate of drug-likeness (QED) is 0.441. The van der Waals surface area contributed by atoms with Gasteiger partial charge in [-0.2, -0.15) is 0 Å². The maximum atomic E-state index is 12.9. The van der Waals surface area contributed by atoms with Gasteiger partial charge in [0.25, 0.3) is 5.69 Å². The van der Waals surface area contributed by atoms with Crippen LogP contribution in [-0.2, 0) is 10.2 Å². The number of Topliss-reactive ketones (excluding diaryl/α,β-unsaturated/α-hetero) is 1. The van der Waals surface area contributed by atoms with Crippen LogP contribution in [0, 0.1) is 15.9 Å². The Morgan fingerprint density at radius 2 is 1.70 bits per heavy atom. The summed E-state index contributed by atoms with van der Waals surface area (Å²) in [7, 11) is 0. The molecule has 1 fully saturated rings. The molecule has 6 nitrogen and oxygen atoms in total. The number of non-ortho nitro benzene ring substituents is 1. The standard InChI is InChI=1S/C18H13Cl2FN2O4/c19-13-7-12(23(26)27)8-14(20)16(13)18(5-6-18)17(25)22-9-15(24)10-1-3-11(21)4-2-10/h1-4,7-8H,5-6,9H2,(H,22,25). The van der Waals surface area contributed by atoms with Crippen LogP contribution in [0.25, 0.3) is 0 Å². The summed E-state index contributed by atoms with van der Waals surface area (Å²) < 4.78 is 12.9. The number of nitro benzene ring substituents is 1. The molecule has 1 N–H and O–H groups in total. The van der Waals surface area contributed by atoms with Gasteiger partial charge in [-0.05, 0) is 37.1 Å². The predicted molar refractivity (Wildman–Crippen MR) is 97.8 cm³/mol. The van der Waals surface area contributed by atoms with Crippen LogP contribution in [0.4, 0.5) is 10.1 Å². The lowest BCUT2D eigenvalue weighted by molar-refractivity contribution is -0.384. The molecular formula is C18H13Cl2FN2O4. The van der Waals surface area contributed by atoms with Crippen LogP contribution >= 0.6 is 23.2 Å². The van der Waals surface area contributed by atoms with E-state index in [0.29, 0.717) is 18.4 Å². The summed E-state index contributed by atoms with van der Waals surface area (Å²) in [4.78, 5) is 35.1. The van der Waals surface area contributed by atoms with Gasteiger partial charge in [-0.3, -0.25) is 19.7 Å². The van der Waals surface area contributed by atoms with Gasteiger partial charge in [0.1, 0.15) is 5.82 Å². The van der Waals surface area contributed by atoms with Crippen molar-refractivity contribution in [3.8, 4) is 0 Å². The molecule has 0 saturated heterocycles. The molecule has 1 amide bonds. The number of carbonyl (C=O) groups is 2. The van der Waals surface area contributed by atoms with Crippen molar-refractivity contribution in [2.45, 2.75) is 18.3 Å². The molecule has 3 rings (SSSR count). The normalized spacial score (nSPS) is 14.5. The van der Waals surface area contributed by atoms with Crippen LogP contribution in [0.15, 0.2) is 36.4 Å². The van der Waals surface area contributed by atoms with Gasteiger partial charge < -0.3 is 5.32 Å². The molecule has 2 aromatic carbocycles. The number of amides is 1. The first-order chi connectivity index (χ1) is 12.7. The maximum absolute atomic E-state index is 12.9. The average Bonchev–Trinajstić information content (AvgIpc) is 3.41. The Labute approximate surface area is 163 Å². The molecule has 0 heterocycles. The van der Waals surface area contributed by atoms with Gasteiger partial charge in [-0.25, -0.2) is 4.39 Å². The van der Waals surface area contributed by atoms with Crippen LogP contribution in [-0.4, -0.2) is 23.2 Å². The summed E-state index contributed by atoms with van der Waals surface area (Å²) in [5.74, 6) is -1.27. The van der Waals surface area contributed by atoms with Crippen molar-refractivity contribution in [1.82, 2.24) is 5.32 Å². The highest BCUT2D eigenvalue weighted by Gasteiger charge is 2.53. The lowest BCUT2D eigenvalue weighted by Crippen LogP contribution is -2.38. The summed E-state index contributed by atoms with van der Waals surface area (Å²) in [5, 5.41) is 13.5. The molecule has 0 bridgehead atoms. The van der Waals surface area contributed by atoms with Crippen molar-refractivity contribution >= 4 is 40.6 Å². The number of benzene rings is 2. The number of carbonyl (C=O) groups excluding carboxylic acids is 2. The molecule has 0 aromatic heterocycles. The molecule has 0 unspecified atom stereocenters. The highest BCUT2D eigenvalue weighted by molar-refractivity contribution is 6.37. The first kappa shape index (κ1) is 19.3. The molecule has 27 heavy (non-hydrogen) atoms. The van der Waals surface area contributed by atoms with E-state index in [4.69, 9.17) is 23.2 Å². The van der Waals surface area contributed by atoms with E-state index in [1.54, 1.807) is 0 Å². The average molecular weight is 411 g/mol. The Balaban J connectivity index is 1.76. The molecule has 1 saturated carbocycles. The van der Waals surface area contributed by atoms with E-state index in [2.05, 4.69) is 5.32 Å². The Bertz CT molecular complexity index is 920. The number of nitrogens with one attached hydrogen (secondary N) is 1. The minimum atomic E-state index is -1.01. The zero-order chi connectivity index (χ0) is 19.8. The largest absolute Gasteiger partial charge is 0.348 e. The summed E-state index contributed by atoms with van der Waals surface area (Å²) in [6, 6.07) is 7.29. The van der Waals surface area contributed by atoms with E-state index >= 15 is 0 Å². The second-order valence-electron chi connectivity index (χ2n) is 6.24. The van der Waals surface area contributed by atoms with Crippen LogP contribution in [0.5, 0.6) is 0 Å². The number of ketones is 1. The maximum Gasteiger partial charge on any atom is 0.272 e. The summed E-state index contributed by atoms with van der Waals surface area (Å²) >= 11 is 12.3. The Morgan fingerprint density at radius 1 is 1.15 bits per heavy atom. The third-order valence-electron chi connectivity index (χ3n) is 4.48. The molecule has 0 spiro atoms. The van der Waals surface area contributed by atoms with E-state index in [1.807, 2.05) is 0 Å². The first-order valence-corrected chi connectivity index (χ1v) is 8.71. The van der Waals surface area contributed by atoms with Gasteiger partial charge in [0.05, 0.1) is 26.9 Å². The molecule has 2 aromatic rings. The van der Waals surface area contributed by atoms with Crippen molar-refractivity contribution in [3.63, 3.8) is 0 Å². The Kier molecular flexibility index (Phi) is 5.17. The van der Waals surface area contributed by atoms with Crippen LogP contribution in [0.3, 0.4) is 0 Å². The van der Waals surface area contributed by atoms with Crippen molar-refractivity contribution < 1.29 is 18.9 Å². The minimum Gasteiger partial charge on any atom is -0.348 e. The number of nitrogens with zero attached hydrogens (tertiary/aromatic N) is 1. The zero-order valence-corrected chi connectivity index (χ0v) is 15.3. The predicted octanol–water partition coefficient (Wildman–Crippen LogP) is 4.07. The molecule has 0 aliphatic heterocycles. The fourth-order valence-electron chi connectivity index (χ4n) is 2.91. The van der Waals surface area contributed by atoms with Crippen LogP contribution in [0.1, 0.15) is 28.8 Å². The fraction of sp³-hybridized carbons (Fsp3) is 0.222. The SMILES string of the molecule is O=C(CNC(=O)C1(c2c(Cl)cc([N+](=O)[O-])cc2Cl)CC1)c1ccc(F)cc1. The number of halogens is 3. The molecule has 9 heteroatoms. The Morgan fingerprint density at radius 3 is 2.19 bits per heavy atom. The summed E-state index contributed by atoms with van der Waals surface area (Å²) in [6.07, 6.45) is 0.918. The number of hydrogen-bond donors (Lipinski definition) is 1. The highest BCUT2D eigenvalue weighted by Crippen LogP contribution is 2.53. The van der Waals surface area contributed by atoms with E-state index < -0.39 is 22.1 Å². The van der Waals surface area contributed by atoms with E-state index in [9.17, 15) is 24.1 Å². The van der Waals surface area contributed by atoms with Crippen molar-refractivity contribution in [2.75, 3.05) is 6.54 Å². The van der Waals surface area contributed by atoms with Crippen molar-refractivity contribution in [2.24, 2.45) is 0 Å². The van der Waals surface area contributed by atoms with Crippen LogP contribution < -0.4 is 5.32 Å².